The highest BCUT2D eigenvalue weighted by Crippen LogP contribution is 2.16. The van der Waals surface area contributed by atoms with E-state index in [1.165, 1.54) is 6.42 Å². The Morgan fingerprint density at radius 1 is 1.23 bits per heavy atom. The third kappa shape index (κ3) is 1.71. The summed E-state index contributed by atoms with van der Waals surface area (Å²) in [5.74, 6) is 0. The van der Waals surface area contributed by atoms with Gasteiger partial charge >= 0.3 is 7.12 Å². The molecule has 0 atom stereocenters. The summed E-state index contributed by atoms with van der Waals surface area (Å²) in [6, 6.07) is 0. The average molecular weight is 178 g/mol. The second-order valence-corrected chi connectivity index (χ2v) is 3.28. The molecule has 5 heteroatoms. The Kier molecular flexibility index (Phi) is 2.29. The van der Waals surface area contributed by atoms with Crippen LogP contribution in [-0.2, 0) is 12.8 Å². The molecule has 0 unspecified atom stereocenters. The Hall–Kier alpha value is -0.935. The van der Waals surface area contributed by atoms with Crippen molar-refractivity contribution in [1.82, 2.24) is 9.97 Å². The number of aryl methyl sites for hydroxylation is 2. The van der Waals surface area contributed by atoms with Crippen molar-refractivity contribution < 1.29 is 10.0 Å². The largest absolute Gasteiger partial charge is 0.528 e. The maximum absolute atomic E-state index is 8.86. The van der Waals surface area contributed by atoms with Crippen molar-refractivity contribution in [3.05, 3.63) is 17.5 Å². The van der Waals surface area contributed by atoms with Crippen molar-refractivity contribution in [3.63, 3.8) is 0 Å². The van der Waals surface area contributed by atoms with Gasteiger partial charge in [0, 0.05) is 11.9 Å². The van der Waals surface area contributed by atoms with Gasteiger partial charge in [0.15, 0.2) is 5.72 Å². The second-order valence-electron chi connectivity index (χ2n) is 3.28. The molecule has 1 aliphatic rings. The normalized spacial score (nSPS) is 15.2. The molecule has 0 bridgehead atoms. The van der Waals surface area contributed by atoms with Gasteiger partial charge in [0.2, 0.25) is 0 Å². The van der Waals surface area contributed by atoms with Crippen LogP contribution in [0.1, 0.15) is 24.1 Å². The summed E-state index contributed by atoms with van der Waals surface area (Å²) in [6.07, 6.45) is 5.95. The van der Waals surface area contributed by atoms with Crippen LogP contribution in [0.2, 0.25) is 0 Å². The maximum Gasteiger partial charge on any atom is 0.528 e. The summed E-state index contributed by atoms with van der Waals surface area (Å²) in [5.41, 5.74) is 2.24. The van der Waals surface area contributed by atoms with Gasteiger partial charge in [-0.2, -0.15) is 0 Å². The number of hydrogen-bond acceptors (Lipinski definition) is 4. The van der Waals surface area contributed by atoms with Crippen LogP contribution in [0.25, 0.3) is 0 Å². The minimum atomic E-state index is -1.55. The van der Waals surface area contributed by atoms with Gasteiger partial charge in [0.25, 0.3) is 0 Å². The van der Waals surface area contributed by atoms with Crippen LogP contribution in [0, 0.1) is 0 Å². The van der Waals surface area contributed by atoms with Crippen molar-refractivity contribution in [2.45, 2.75) is 25.7 Å². The minimum absolute atomic E-state index is 0.112. The third-order valence-electron chi connectivity index (χ3n) is 2.31. The molecule has 0 radical (unpaired) electrons. The fourth-order valence-corrected chi connectivity index (χ4v) is 1.62. The summed E-state index contributed by atoms with van der Waals surface area (Å²) in [4.78, 5) is 7.98. The van der Waals surface area contributed by atoms with Crippen molar-refractivity contribution in [3.8, 4) is 0 Å². The van der Waals surface area contributed by atoms with Crippen molar-refractivity contribution in [1.29, 1.82) is 0 Å². The van der Waals surface area contributed by atoms with Gasteiger partial charge in [-0.25, -0.2) is 9.97 Å². The van der Waals surface area contributed by atoms with Gasteiger partial charge in [0.1, 0.15) is 0 Å². The SMILES string of the molecule is OB(O)c1ncc2c(n1)CCCC2. The highest BCUT2D eigenvalue weighted by Gasteiger charge is 2.18. The highest BCUT2D eigenvalue weighted by atomic mass is 16.4. The first-order valence-corrected chi connectivity index (χ1v) is 4.48. The fourth-order valence-electron chi connectivity index (χ4n) is 1.62. The molecule has 13 heavy (non-hydrogen) atoms. The van der Waals surface area contributed by atoms with E-state index in [1.54, 1.807) is 6.20 Å². The molecule has 1 heterocycles. The zero-order chi connectivity index (χ0) is 9.26. The van der Waals surface area contributed by atoms with Crippen LogP contribution >= 0.6 is 0 Å². The predicted molar refractivity (Wildman–Crippen MR) is 48.5 cm³/mol. The summed E-state index contributed by atoms with van der Waals surface area (Å²) in [7, 11) is -1.55. The lowest BCUT2D eigenvalue weighted by Crippen LogP contribution is -2.36. The van der Waals surface area contributed by atoms with Crippen molar-refractivity contribution in [2.24, 2.45) is 0 Å². The van der Waals surface area contributed by atoms with Crippen LogP contribution in [0.15, 0.2) is 6.20 Å². The van der Waals surface area contributed by atoms with E-state index in [9.17, 15) is 0 Å². The molecule has 0 amide bonds. The average Bonchev–Trinajstić information content (AvgIpc) is 2.17. The summed E-state index contributed by atoms with van der Waals surface area (Å²) < 4.78 is 0. The molecule has 1 aliphatic carbocycles. The fraction of sp³-hybridized carbons (Fsp3) is 0.500. The van der Waals surface area contributed by atoms with Gasteiger partial charge in [-0.1, -0.05) is 0 Å². The molecule has 0 aliphatic heterocycles. The molecule has 0 saturated heterocycles. The second kappa shape index (κ2) is 3.43. The molecule has 4 nitrogen and oxygen atoms in total. The van der Waals surface area contributed by atoms with Gasteiger partial charge in [-0.05, 0) is 31.2 Å². The molecule has 1 aromatic rings. The van der Waals surface area contributed by atoms with E-state index < -0.39 is 7.12 Å². The Balaban J connectivity index is 2.35. The Morgan fingerprint density at radius 3 is 2.77 bits per heavy atom. The van der Waals surface area contributed by atoms with E-state index in [0.29, 0.717) is 0 Å². The van der Waals surface area contributed by atoms with Gasteiger partial charge in [-0.15, -0.1) is 0 Å². The van der Waals surface area contributed by atoms with Gasteiger partial charge in [-0.3, -0.25) is 0 Å². The highest BCUT2D eigenvalue weighted by molar-refractivity contribution is 6.56. The van der Waals surface area contributed by atoms with Crippen LogP contribution in [0.4, 0.5) is 0 Å². The number of rotatable bonds is 1. The predicted octanol–water partition coefficient (Wildman–Crippen LogP) is -0.965. The minimum Gasteiger partial charge on any atom is -0.421 e. The van der Waals surface area contributed by atoms with E-state index in [-0.39, 0.29) is 5.72 Å². The molecular weight excluding hydrogens is 167 g/mol. The summed E-state index contributed by atoms with van der Waals surface area (Å²) in [5, 5.41) is 17.7. The van der Waals surface area contributed by atoms with E-state index in [4.69, 9.17) is 10.0 Å². The van der Waals surface area contributed by atoms with Crippen LogP contribution in [-0.4, -0.2) is 27.1 Å². The Bertz CT molecular complexity index is 317. The van der Waals surface area contributed by atoms with Gasteiger partial charge in [0.05, 0.1) is 0 Å². The van der Waals surface area contributed by atoms with Gasteiger partial charge < -0.3 is 10.0 Å². The third-order valence-corrected chi connectivity index (χ3v) is 2.31. The standard InChI is InChI=1S/C8H11BN2O2/c12-9(13)8-10-5-6-3-1-2-4-7(6)11-8/h5,12-13H,1-4H2. The number of nitrogens with zero attached hydrogens (tertiary/aromatic N) is 2. The molecule has 2 N–H and O–H groups in total. The maximum atomic E-state index is 8.86. The Morgan fingerprint density at radius 2 is 2.00 bits per heavy atom. The van der Waals surface area contributed by atoms with E-state index in [1.807, 2.05) is 0 Å². The topological polar surface area (TPSA) is 66.2 Å². The summed E-state index contributed by atoms with van der Waals surface area (Å²) in [6.45, 7) is 0. The van der Waals surface area contributed by atoms with Crippen LogP contribution in [0.3, 0.4) is 0 Å². The van der Waals surface area contributed by atoms with Crippen molar-refractivity contribution in [2.75, 3.05) is 0 Å². The monoisotopic (exact) mass is 178 g/mol. The molecule has 0 fully saturated rings. The first kappa shape index (κ1) is 8.65. The Labute approximate surface area is 76.8 Å². The van der Waals surface area contributed by atoms with E-state index >= 15 is 0 Å². The molecular formula is C8H11BN2O2. The lowest BCUT2D eigenvalue weighted by Gasteiger charge is -2.14. The lowest BCUT2D eigenvalue weighted by molar-refractivity contribution is 0.422. The van der Waals surface area contributed by atoms with E-state index in [0.717, 1.165) is 30.5 Å². The van der Waals surface area contributed by atoms with Crippen molar-refractivity contribution >= 4 is 12.8 Å². The molecule has 1 aromatic heterocycles. The molecule has 0 spiro atoms. The number of aromatic nitrogens is 2. The molecule has 68 valence electrons. The number of fused-ring (bicyclic) bond motifs is 1. The van der Waals surface area contributed by atoms with E-state index in [2.05, 4.69) is 9.97 Å². The quantitative estimate of drug-likeness (QED) is 0.543. The van der Waals surface area contributed by atoms with Crippen LogP contribution < -0.4 is 5.72 Å². The van der Waals surface area contributed by atoms with Crippen LogP contribution in [0.5, 0.6) is 0 Å². The lowest BCUT2D eigenvalue weighted by atomic mass is 9.89. The first-order valence-electron chi connectivity index (χ1n) is 4.48. The number of hydrogen-bond donors (Lipinski definition) is 2. The molecule has 0 saturated carbocycles. The molecule has 0 aromatic carbocycles. The smallest absolute Gasteiger partial charge is 0.421 e. The molecule has 2 rings (SSSR count). The zero-order valence-electron chi connectivity index (χ0n) is 7.27. The summed E-state index contributed by atoms with van der Waals surface area (Å²) >= 11 is 0. The zero-order valence-corrected chi connectivity index (χ0v) is 7.27. The first-order chi connectivity index (χ1) is 6.27.